The van der Waals surface area contributed by atoms with Gasteiger partial charge < -0.3 is 10.5 Å². The molecule has 16 heavy (non-hydrogen) atoms. The lowest BCUT2D eigenvalue weighted by Gasteiger charge is -2.08. The molecule has 0 spiro atoms. The molecule has 0 saturated carbocycles. The Kier molecular flexibility index (Phi) is 5.05. The zero-order valence-corrected chi connectivity index (χ0v) is 9.56. The van der Waals surface area contributed by atoms with Crippen LogP contribution < -0.4 is 10.5 Å². The van der Waals surface area contributed by atoms with Gasteiger partial charge in [-0.05, 0) is 25.0 Å². The second-order valence-corrected chi connectivity index (χ2v) is 3.79. The summed E-state index contributed by atoms with van der Waals surface area (Å²) in [5.41, 5.74) is 5.20. The largest absolute Gasteiger partial charge is 0.489 e. The molecule has 5 heteroatoms. The molecule has 0 bridgehead atoms. The van der Waals surface area contributed by atoms with Crippen LogP contribution in [0.25, 0.3) is 0 Å². The maximum atomic E-state index is 13.2. The molecule has 0 aromatic heterocycles. The number of unbranched alkanes of at least 4 members (excludes halogenated alkanes) is 1. The van der Waals surface area contributed by atoms with E-state index in [0.29, 0.717) is 19.4 Å². The van der Waals surface area contributed by atoms with E-state index in [-0.39, 0.29) is 16.6 Å². The number of hydrogen-bond acceptors (Lipinski definition) is 2. The van der Waals surface area contributed by atoms with E-state index in [2.05, 4.69) is 0 Å². The fraction of sp³-hybridized carbons (Fsp3) is 0.364. The molecule has 1 rings (SSSR count). The minimum Gasteiger partial charge on any atom is -0.489 e. The van der Waals surface area contributed by atoms with E-state index in [1.165, 1.54) is 12.1 Å². The third-order valence-electron chi connectivity index (χ3n) is 2.01. The first kappa shape index (κ1) is 12.8. The average molecular weight is 245 g/mol. The van der Waals surface area contributed by atoms with Crippen LogP contribution in [0.3, 0.4) is 0 Å². The molecule has 88 valence electrons. The monoisotopic (exact) mass is 244 g/mol. The molecule has 0 aliphatic rings. The molecule has 0 radical (unpaired) electrons. The molecule has 1 aromatic rings. The number of amidine groups is 1. The topological polar surface area (TPSA) is 59.1 Å². The Balaban J connectivity index is 2.34. The maximum Gasteiger partial charge on any atom is 0.173 e. The molecule has 0 amide bonds. The van der Waals surface area contributed by atoms with E-state index in [9.17, 15) is 4.39 Å². The summed E-state index contributed by atoms with van der Waals surface area (Å²) < 4.78 is 18.5. The molecule has 0 fully saturated rings. The van der Waals surface area contributed by atoms with Crippen molar-refractivity contribution in [1.82, 2.24) is 0 Å². The summed E-state index contributed by atoms with van der Waals surface area (Å²) in [7, 11) is 0. The van der Waals surface area contributed by atoms with Crippen molar-refractivity contribution in [2.24, 2.45) is 5.73 Å². The van der Waals surface area contributed by atoms with Gasteiger partial charge in [0.15, 0.2) is 11.6 Å². The Hall–Kier alpha value is -1.29. The fourth-order valence-corrected chi connectivity index (χ4v) is 1.43. The normalized spacial score (nSPS) is 10.1. The summed E-state index contributed by atoms with van der Waals surface area (Å²) in [6, 6.07) is 4.41. The predicted octanol–water partition coefficient (Wildman–Crippen LogP) is 2.96. The second kappa shape index (κ2) is 6.33. The quantitative estimate of drug-likeness (QED) is 0.459. The first-order valence-corrected chi connectivity index (χ1v) is 5.38. The van der Waals surface area contributed by atoms with E-state index in [1.807, 2.05) is 0 Å². The summed E-state index contributed by atoms with van der Waals surface area (Å²) in [6.45, 7) is 0.369. The third kappa shape index (κ3) is 4.06. The summed E-state index contributed by atoms with van der Waals surface area (Å²) in [5, 5.41) is 7.29. The average Bonchev–Trinajstić information content (AvgIpc) is 2.21. The summed E-state index contributed by atoms with van der Waals surface area (Å²) in [5.74, 6) is -0.213. The lowest BCUT2D eigenvalue weighted by molar-refractivity contribution is 0.293. The van der Waals surface area contributed by atoms with E-state index < -0.39 is 5.82 Å². The van der Waals surface area contributed by atoms with E-state index in [1.54, 1.807) is 6.07 Å². The molecule has 0 atom stereocenters. The third-order valence-corrected chi connectivity index (χ3v) is 2.30. The van der Waals surface area contributed by atoms with Crippen molar-refractivity contribution in [3.8, 4) is 5.75 Å². The molecular weight excluding hydrogens is 231 g/mol. The Morgan fingerprint density at radius 1 is 1.44 bits per heavy atom. The lowest BCUT2D eigenvalue weighted by atomic mass is 10.2. The maximum absolute atomic E-state index is 13.2. The summed E-state index contributed by atoms with van der Waals surface area (Å²) >= 11 is 5.77. The highest BCUT2D eigenvalue weighted by atomic mass is 35.5. The molecule has 0 aliphatic heterocycles. The minimum atomic E-state index is -0.459. The first-order chi connectivity index (χ1) is 7.61. The number of nitrogens with one attached hydrogen (secondary N) is 1. The van der Waals surface area contributed by atoms with Crippen molar-refractivity contribution >= 4 is 17.4 Å². The van der Waals surface area contributed by atoms with Crippen LogP contribution in [0.1, 0.15) is 19.3 Å². The minimum absolute atomic E-state index is 0.0898. The van der Waals surface area contributed by atoms with Crippen molar-refractivity contribution in [2.45, 2.75) is 19.3 Å². The van der Waals surface area contributed by atoms with Crippen molar-refractivity contribution in [2.75, 3.05) is 6.61 Å². The number of nitrogens with two attached hydrogens (primary N) is 1. The SMILES string of the molecule is N=C(N)CCCCOc1c(F)cccc1Cl. The number of halogens is 2. The smallest absolute Gasteiger partial charge is 0.173 e. The Morgan fingerprint density at radius 2 is 2.19 bits per heavy atom. The summed E-state index contributed by atoms with van der Waals surface area (Å²) in [4.78, 5) is 0. The Bertz CT molecular complexity index is 351. The van der Waals surface area contributed by atoms with Crippen LogP contribution >= 0.6 is 11.6 Å². The van der Waals surface area contributed by atoms with Gasteiger partial charge in [0.05, 0.1) is 17.5 Å². The van der Waals surface area contributed by atoms with Gasteiger partial charge in [-0.15, -0.1) is 0 Å². The van der Waals surface area contributed by atoms with Gasteiger partial charge in [-0.2, -0.15) is 0 Å². The number of rotatable bonds is 6. The molecule has 0 heterocycles. The molecule has 0 saturated heterocycles. The van der Waals surface area contributed by atoms with Crippen molar-refractivity contribution in [3.05, 3.63) is 29.0 Å². The number of para-hydroxylation sites is 1. The van der Waals surface area contributed by atoms with E-state index in [4.69, 9.17) is 27.5 Å². The van der Waals surface area contributed by atoms with Gasteiger partial charge in [-0.3, -0.25) is 5.41 Å². The number of benzene rings is 1. The standard InChI is InChI=1S/C11H14ClFN2O/c12-8-4-3-5-9(13)11(8)16-7-2-1-6-10(14)15/h3-5H,1-2,6-7H2,(H3,14,15). The highest BCUT2D eigenvalue weighted by Crippen LogP contribution is 2.27. The van der Waals surface area contributed by atoms with Crippen molar-refractivity contribution < 1.29 is 9.13 Å². The van der Waals surface area contributed by atoms with Gasteiger partial charge in [-0.25, -0.2) is 4.39 Å². The number of hydrogen-bond donors (Lipinski definition) is 2. The Labute approximate surface area is 98.9 Å². The van der Waals surface area contributed by atoms with Crippen LogP contribution in [0.2, 0.25) is 5.02 Å². The van der Waals surface area contributed by atoms with Crippen molar-refractivity contribution in [1.29, 1.82) is 5.41 Å². The zero-order chi connectivity index (χ0) is 12.0. The molecular formula is C11H14ClFN2O. The van der Waals surface area contributed by atoms with Crippen LogP contribution in [0.15, 0.2) is 18.2 Å². The predicted molar refractivity (Wildman–Crippen MR) is 62.7 cm³/mol. The van der Waals surface area contributed by atoms with Gasteiger partial charge in [0.25, 0.3) is 0 Å². The van der Waals surface area contributed by atoms with Crippen LogP contribution in [-0.4, -0.2) is 12.4 Å². The first-order valence-electron chi connectivity index (χ1n) is 5.01. The van der Waals surface area contributed by atoms with Gasteiger partial charge >= 0.3 is 0 Å². The van der Waals surface area contributed by atoms with E-state index >= 15 is 0 Å². The Morgan fingerprint density at radius 3 is 2.81 bits per heavy atom. The fourth-order valence-electron chi connectivity index (χ4n) is 1.21. The van der Waals surface area contributed by atoms with Gasteiger partial charge in [-0.1, -0.05) is 17.7 Å². The molecule has 0 unspecified atom stereocenters. The number of ether oxygens (including phenoxy) is 1. The second-order valence-electron chi connectivity index (χ2n) is 3.38. The van der Waals surface area contributed by atoms with E-state index in [0.717, 1.165) is 6.42 Å². The van der Waals surface area contributed by atoms with Crippen LogP contribution in [0.5, 0.6) is 5.75 Å². The molecule has 3 N–H and O–H groups in total. The van der Waals surface area contributed by atoms with Crippen LogP contribution in [-0.2, 0) is 0 Å². The lowest BCUT2D eigenvalue weighted by Crippen LogP contribution is -2.09. The molecule has 3 nitrogen and oxygen atoms in total. The van der Waals surface area contributed by atoms with Gasteiger partial charge in [0.1, 0.15) is 0 Å². The van der Waals surface area contributed by atoms with Crippen LogP contribution in [0, 0.1) is 11.2 Å². The van der Waals surface area contributed by atoms with Crippen LogP contribution in [0.4, 0.5) is 4.39 Å². The summed E-state index contributed by atoms with van der Waals surface area (Å²) in [6.07, 6.45) is 2.00. The highest BCUT2D eigenvalue weighted by molar-refractivity contribution is 6.32. The molecule has 1 aromatic carbocycles. The van der Waals surface area contributed by atoms with Crippen molar-refractivity contribution in [3.63, 3.8) is 0 Å². The zero-order valence-electron chi connectivity index (χ0n) is 8.80. The van der Waals surface area contributed by atoms with Gasteiger partial charge in [0.2, 0.25) is 0 Å². The molecule has 0 aliphatic carbocycles. The van der Waals surface area contributed by atoms with Gasteiger partial charge in [0, 0.05) is 6.42 Å². The highest BCUT2D eigenvalue weighted by Gasteiger charge is 2.07.